The smallest absolute Gasteiger partial charge is 0.408 e. The summed E-state index contributed by atoms with van der Waals surface area (Å²) in [5, 5.41) is 7.14. The molecular formula is C30H35N7O3. The molecule has 4 heterocycles. The van der Waals surface area contributed by atoms with Crippen LogP contribution in [0.3, 0.4) is 0 Å². The van der Waals surface area contributed by atoms with Crippen LogP contribution in [-0.4, -0.2) is 70.2 Å². The van der Waals surface area contributed by atoms with Crippen LogP contribution in [-0.2, 0) is 16.1 Å². The Labute approximate surface area is 233 Å². The van der Waals surface area contributed by atoms with Gasteiger partial charge in [0.1, 0.15) is 17.8 Å². The van der Waals surface area contributed by atoms with Gasteiger partial charge in [0.2, 0.25) is 5.91 Å². The Hall–Kier alpha value is -4.60. The summed E-state index contributed by atoms with van der Waals surface area (Å²) in [6.45, 7) is 8.26. The molecule has 1 fully saturated rings. The highest BCUT2D eigenvalue weighted by molar-refractivity contribution is 6.06. The number of amides is 2. The van der Waals surface area contributed by atoms with Crippen molar-refractivity contribution in [1.82, 2.24) is 25.2 Å². The van der Waals surface area contributed by atoms with E-state index in [1.807, 2.05) is 48.9 Å². The van der Waals surface area contributed by atoms with Crippen molar-refractivity contribution < 1.29 is 14.3 Å². The van der Waals surface area contributed by atoms with E-state index >= 15 is 0 Å². The van der Waals surface area contributed by atoms with Crippen molar-refractivity contribution in [2.45, 2.75) is 32.9 Å². The number of piperazine rings is 1. The molecule has 2 amide bonds. The number of aromatic amines is 1. The molecule has 0 spiro atoms. The Kier molecular flexibility index (Phi) is 7.86. The summed E-state index contributed by atoms with van der Waals surface area (Å²) in [6, 6.07) is 14.2. The van der Waals surface area contributed by atoms with Gasteiger partial charge in [0.05, 0.1) is 16.8 Å². The number of H-pyrrole nitrogens is 1. The molecule has 40 heavy (non-hydrogen) atoms. The Morgan fingerprint density at radius 2 is 1.80 bits per heavy atom. The number of hydrogen-bond donors (Lipinski definition) is 3. The van der Waals surface area contributed by atoms with Crippen molar-refractivity contribution in [3.8, 4) is 11.1 Å². The van der Waals surface area contributed by atoms with Crippen LogP contribution in [0.4, 0.5) is 16.2 Å². The summed E-state index contributed by atoms with van der Waals surface area (Å²) >= 11 is 0. The molecule has 3 N–H and O–H groups in total. The second-order valence-corrected chi connectivity index (χ2v) is 10.8. The number of benzene rings is 1. The number of hydrogen-bond acceptors (Lipinski definition) is 7. The first-order valence-electron chi connectivity index (χ1n) is 13.5. The number of ether oxygens (including phenoxy) is 1. The monoisotopic (exact) mass is 541 g/mol. The lowest BCUT2D eigenvalue weighted by molar-refractivity contribution is -0.130. The van der Waals surface area contributed by atoms with E-state index in [4.69, 9.17) is 9.72 Å². The highest BCUT2D eigenvalue weighted by Gasteiger charge is 2.27. The van der Waals surface area contributed by atoms with Crippen LogP contribution in [0, 0.1) is 0 Å². The number of alkyl carbamates (subject to hydrolysis) is 1. The first-order chi connectivity index (χ1) is 19.3. The molecule has 1 aliphatic rings. The van der Waals surface area contributed by atoms with Gasteiger partial charge in [-0.25, -0.2) is 9.78 Å². The second kappa shape index (κ2) is 11.6. The zero-order valence-corrected chi connectivity index (χ0v) is 23.1. The van der Waals surface area contributed by atoms with Crippen molar-refractivity contribution >= 4 is 34.4 Å². The van der Waals surface area contributed by atoms with E-state index in [0.717, 1.165) is 39.1 Å². The molecule has 0 atom stereocenters. The number of carbonyl (C=O) groups excluding carboxylic acids is 2. The van der Waals surface area contributed by atoms with Gasteiger partial charge in [-0.15, -0.1) is 0 Å². The van der Waals surface area contributed by atoms with Crippen LogP contribution in [0.1, 0.15) is 26.3 Å². The molecule has 1 saturated heterocycles. The van der Waals surface area contributed by atoms with E-state index in [1.54, 1.807) is 31.9 Å². The Bertz CT molecular complexity index is 1460. The first-order valence-corrected chi connectivity index (χ1v) is 13.5. The van der Waals surface area contributed by atoms with Crippen molar-refractivity contribution in [3.63, 3.8) is 0 Å². The van der Waals surface area contributed by atoms with E-state index < -0.39 is 11.7 Å². The number of anilines is 2. The fraction of sp³-hybridized carbons (Fsp3) is 0.333. The molecule has 10 heteroatoms. The SMILES string of the molecule is CC(C)(C)OC(=O)NCC(=O)N1CCN(c2c(-c3ccccc3)cnc3[nH]cc(NCc4cccnc4)c23)CC1. The first kappa shape index (κ1) is 27.0. The highest BCUT2D eigenvalue weighted by atomic mass is 16.6. The molecule has 208 valence electrons. The topological polar surface area (TPSA) is 115 Å². The van der Waals surface area contributed by atoms with Crippen LogP contribution < -0.4 is 15.5 Å². The minimum Gasteiger partial charge on any atom is -0.444 e. The molecule has 10 nitrogen and oxygen atoms in total. The van der Waals surface area contributed by atoms with Gasteiger partial charge in [0.25, 0.3) is 0 Å². The van der Waals surface area contributed by atoms with Crippen LogP contribution in [0.15, 0.2) is 67.3 Å². The molecule has 0 bridgehead atoms. The lowest BCUT2D eigenvalue weighted by Gasteiger charge is -2.37. The quantitative estimate of drug-likeness (QED) is 0.317. The van der Waals surface area contributed by atoms with E-state index in [2.05, 4.69) is 37.6 Å². The molecule has 4 aromatic rings. The minimum absolute atomic E-state index is 0.0934. The largest absolute Gasteiger partial charge is 0.444 e. The summed E-state index contributed by atoms with van der Waals surface area (Å²) < 4.78 is 5.25. The van der Waals surface area contributed by atoms with E-state index in [-0.39, 0.29) is 12.5 Å². The van der Waals surface area contributed by atoms with Gasteiger partial charge in [-0.2, -0.15) is 0 Å². The Morgan fingerprint density at radius 3 is 2.50 bits per heavy atom. The Morgan fingerprint density at radius 1 is 1.02 bits per heavy atom. The molecular weight excluding hydrogens is 506 g/mol. The second-order valence-electron chi connectivity index (χ2n) is 10.8. The normalized spacial score (nSPS) is 13.8. The van der Waals surface area contributed by atoms with Crippen LogP contribution >= 0.6 is 0 Å². The van der Waals surface area contributed by atoms with Gasteiger partial charge in [0, 0.05) is 63.1 Å². The fourth-order valence-electron chi connectivity index (χ4n) is 4.83. The van der Waals surface area contributed by atoms with Gasteiger partial charge < -0.3 is 30.2 Å². The third-order valence-corrected chi connectivity index (χ3v) is 6.70. The zero-order valence-electron chi connectivity index (χ0n) is 23.1. The van der Waals surface area contributed by atoms with Gasteiger partial charge in [0.15, 0.2) is 0 Å². The summed E-state index contributed by atoms with van der Waals surface area (Å²) in [6.07, 6.45) is 6.89. The minimum atomic E-state index is -0.616. The molecule has 1 aromatic carbocycles. The number of carbonyl (C=O) groups is 2. The maximum atomic E-state index is 12.9. The fourth-order valence-corrected chi connectivity index (χ4v) is 4.83. The standard InChI is InChI=1S/C30H35N7O3/c1-30(2,3)40-29(39)35-20-25(38)36-12-14-37(15-13-36)27-23(22-9-5-4-6-10-22)18-33-28-26(27)24(19-34-28)32-17-21-8-7-11-31-16-21/h4-11,16,18-19,32H,12-15,17,20H2,1-3H3,(H,33,34)(H,35,39). The molecule has 0 aliphatic carbocycles. The molecule has 0 saturated carbocycles. The van der Waals surface area contributed by atoms with Gasteiger partial charge >= 0.3 is 6.09 Å². The molecule has 1 aliphatic heterocycles. The number of fused-ring (bicyclic) bond motifs is 1. The highest BCUT2D eigenvalue weighted by Crippen LogP contribution is 2.40. The number of nitrogens with one attached hydrogen (secondary N) is 3. The van der Waals surface area contributed by atoms with E-state index in [9.17, 15) is 9.59 Å². The molecule has 5 rings (SSSR count). The number of rotatable bonds is 7. The zero-order chi connectivity index (χ0) is 28.1. The summed E-state index contributed by atoms with van der Waals surface area (Å²) in [7, 11) is 0. The Balaban J connectivity index is 1.37. The van der Waals surface area contributed by atoms with E-state index in [0.29, 0.717) is 32.7 Å². The summed E-state index contributed by atoms with van der Waals surface area (Å²) in [4.78, 5) is 41.2. The van der Waals surface area contributed by atoms with Crippen LogP contribution in [0.25, 0.3) is 22.2 Å². The van der Waals surface area contributed by atoms with Crippen molar-refractivity contribution in [2.75, 3.05) is 42.9 Å². The predicted molar refractivity (Wildman–Crippen MR) is 156 cm³/mol. The number of pyridine rings is 2. The van der Waals surface area contributed by atoms with Crippen LogP contribution in [0.5, 0.6) is 0 Å². The predicted octanol–water partition coefficient (Wildman–Crippen LogP) is 4.41. The molecule has 3 aromatic heterocycles. The molecule has 0 unspecified atom stereocenters. The number of nitrogens with zero attached hydrogens (tertiary/aromatic N) is 4. The van der Waals surface area contributed by atoms with Crippen molar-refractivity contribution in [1.29, 1.82) is 0 Å². The third-order valence-electron chi connectivity index (χ3n) is 6.70. The third kappa shape index (κ3) is 6.33. The summed E-state index contributed by atoms with van der Waals surface area (Å²) in [5.74, 6) is -0.130. The maximum absolute atomic E-state index is 12.9. The van der Waals surface area contributed by atoms with E-state index in [1.165, 1.54) is 0 Å². The summed E-state index contributed by atoms with van der Waals surface area (Å²) in [5.41, 5.74) is 5.40. The van der Waals surface area contributed by atoms with Gasteiger partial charge in [-0.05, 0) is 38.0 Å². The average Bonchev–Trinajstić information content (AvgIpc) is 3.37. The van der Waals surface area contributed by atoms with Crippen LogP contribution in [0.2, 0.25) is 0 Å². The molecule has 0 radical (unpaired) electrons. The van der Waals surface area contributed by atoms with Crippen molar-refractivity contribution in [2.24, 2.45) is 0 Å². The lowest BCUT2D eigenvalue weighted by atomic mass is 10.0. The van der Waals surface area contributed by atoms with Crippen molar-refractivity contribution in [3.05, 3.63) is 72.8 Å². The average molecular weight is 542 g/mol. The maximum Gasteiger partial charge on any atom is 0.408 e. The number of aromatic nitrogens is 3. The lowest BCUT2D eigenvalue weighted by Crippen LogP contribution is -2.51. The van der Waals surface area contributed by atoms with Gasteiger partial charge in [-0.3, -0.25) is 9.78 Å². The van der Waals surface area contributed by atoms with Gasteiger partial charge in [-0.1, -0.05) is 36.4 Å².